The Labute approximate surface area is 161 Å². The number of hydrogen-bond donors (Lipinski definition) is 1. The summed E-state index contributed by atoms with van der Waals surface area (Å²) in [5, 5.41) is 21.1. The summed E-state index contributed by atoms with van der Waals surface area (Å²) in [5.41, 5.74) is 0.524. The quantitative estimate of drug-likeness (QED) is 0.679. The Kier molecular flexibility index (Phi) is 4.86. The first-order chi connectivity index (χ1) is 13.5. The van der Waals surface area contributed by atoms with Gasteiger partial charge in [0.15, 0.2) is 11.7 Å². The highest BCUT2D eigenvalue weighted by atomic mass is 32.1. The van der Waals surface area contributed by atoms with Crippen LogP contribution in [0.25, 0.3) is 10.7 Å². The van der Waals surface area contributed by atoms with Crippen LogP contribution in [0.15, 0.2) is 24.4 Å². The van der Waals surface area contributed by atoms with Gasteiger partial charge in [-0.2, -0.15) is 4.80 Å². The van der Waals surface area contributed by atoms with Gasteiger partial charge in [-0.1, -0.05) is 11.3 Å². The predicted octanol–water partition coefficient (Wildman–Crippen LogP) is 1.49. The number of aromatic nitrogens is 5. The molecule has 1 N–H and O–H groups in total. The molecule has 3 heterocycles. The van der Waals surface area contributed by atoms with Gasteiger partial charge in [0, 0.05) is 37.9 Å². The second-order valence-electron chi connectivity index (χ2n) is 6.15. The van der Waals surface area contributed by atoms with E-state index in [4.69, 9.17) is 5.11 Å². The lowest BCUT2D eigenvalue weighted by Gasteiger charge is -2.36. The molecule has 2 aromatic heterocycles. The first-order valence-electron chi connectivity index (χ1n) is 8.40. The highest BCUT2D eigenvalue weighted by Gasteiger charge is 2.21. The Balaban J connectivity index is 1.41. The van der Waals surface area contributed by atoms with Gasteiger partial charge in [0.25, 0.3) is 0 Å². The van der Waals surface area contributed by atoms with Crippen LogP contribution >= 0.6 is 11.3 Å². The van der Waals surface area contributed by atoms with Gasteiger partial charge in [0.05, 0.1) is 11.1 Å². The summed E-state index contributed by atoms with van der Waals surface area (Å²) in [4.78, 5) is 20.8. The molecule has 1 fully saturated rings. The number of anilines is 2. The summed E-state index contributed by atoms with van der Waals surface area (Å²) in [6.07, 6.45) is 1.62. The van der Waals surface area contributed by atoms with Crippen LogP contribution < -0.4 is 9.80 Å². The molecule has 0 spiro atoms. The lowest BCUT2D eigenvalue weighted by Crippen LogP contribution is -2.46. The molecule has 0 amide bonds. The zero-order valence-corrected chi connectivity index (χ0v) is 15.3. The van der Waals surface area contributed by atoms with E-state index in [2.05, 4.69) is 25.3 Å². The van der Waals surface area contributed by atoms with Crippen molar-refractivity contribution in [2.75, 3.05) is 36.0 Å². The Morgan fingerprint density at radius 2 is 1.79 bits per heavy atom. The molecular formula is C16H15F2N7O2S. The average molecular weight is 407 g/mol. The molecule has 0 radical (unpaired) electrons. The molecule has 1 aliphatic rings. The lowest BCUT2D eigenvalue weighted by molar-refractivity contribution is -0.138. The number of carbonyl (C=O) groups is 1. The minimum atomic E-state index is -1.05. The van der Waals surface area contributed by atoms with Gasteiger partial charge in [-0.05, 0) is 17.3 Å². The van der Waals surface area contributed by atoms with E-state index in [9.17, 15) is 13.6 Å². The van der Waals surface area contributed by atoms with E-state index in [0.717, 1.165) is 16.0 Å². The molecule has 3 aromatic rings. The number of aliphatic carboxylic acids is 1. The molecule has 4 rings (SSSR count). The number of carboxylic acid groups (broad SMARTS) is 1. The van der Waals surface area contributed by atoms with E-state index < -0.39 is 17.6 Å². The minimum Gasteiger partial charge on any atom is -0.480 e. The first-order valence-corrected chi connectivity index (χ1v) is 9.21. The van der Waals surface area contributed by atoms with Crippen LogP contribution in [-0.4, -0.2) is 62.4 Å². The number of thiazole rings is 1. The summed E-state index contributed by atoms with van der Waals surface area (Å²) < 4.78 is 26.8. The van der Waals surface area contributed by atoms with Crippen molar-refractivity contribution in [1.29, 1.82) is 0 Å². The van der Waals surface area contributed by atoms with Crippen LogP contribution in [0.4, 0.5) is 19.6 Å². The molecule has 0 aliphatic carbocycles. The van der Waals surface area contributed by atoms with E-state index in [1.807, 2.05) is 4.90 Å². The molecule has 0 atom stereocenters. The molecular weight excluding hydrogens is 392 g/mol. The maximum atomic E-state index is 13.4. The third kappa shape index (κ3) is 3.91. The van der Waals surface area contributed by atoms with E-state index in [1.165, 1.54) is 23.5 Å². The van der Waals surface area contributed by atoms with Crippen molar-refractivity contribution in [2.45, 2.75) is 6.54 Å². The zero-order valence-electron chi connectivity index (χ0n) is 14.5. The highest BCUT2D eigenvalue weighted by Crippen LogP contribution is 2.30. The number of tetrazole rings is 1. The summed E-state index contributed by atoms with van der Waals surface area (Å²) in [5.74, 6) is -1.92. The molecule has 28 heavy (non-hydrogen) atoms. The van der Waals surface area contributed by atoms with Crippen LogP contribution in [0.5, 0.6) is 0 Å². The van der Waals surface area contributed by atoms with Crippen molar-refractivity contribution in [1.82, 2.24) is 25.2 Å². The van der Waals surface area contributed by atoms with Crippen molar-refractivity contribution < 1.29 is 18.7 Å². The summed E-state index contributed by atoms with van der Waals surface area (Å²) in [7, 11) is 0. The Morgan fingerprint density at radius 1 is 1.11 bits per heavy atom. The van der Waals surface area contributed by atoms with E-state index in [-0.39, 0.29) is 6.54 Å². The molecule has 12 heteroatoms. The monoisotopic (exact) mass is 407 g/mol. The van der Waals surface area contributed by atoms with Crippen molar-refractivity contribution in [2.24, 2.45) is 0 Å². The number of halogens is 2. The molecule has 1 aliphatic heterocycles. The number of benzene rings is 1. The Hall–Kier alpha value is -3.15. The summed E-state index contributed by atoms with van der Waals surface area (Å²) >= 11 is 1.38. The predicted molar refractivity (Wildman–Crippen MR) is 97.3 cm³/mol. The summed E-state index contributed by atoms with van der Waals surface area (Å²) in [6, 6.07) is 3.51. The van der Waals surface area contributed by atoms with Crippen LogP contribution in [0.2, 0.25) is 0 Å². The normalized spacial score (nSPS) is 14.5. The average Bonchev–Trinajstić information content (AvgIpc) is 3.30. The van der Waals surface area contributed by atoms with Gasteiger partial charge in [0.1, 0.15) is 11.6 Å². The Bertz CT molecular complexity index is 980. The molecule has 0 saturated carbocycles. The third-order valence-corrected chi connectivity index (χ3v) is 5.26. The molecule has 146 valence electrons. The van der Waals surface area contributed by atoms with Crippen molar-refractivity contribution in [3.63, 3.8) is 0 Å². The molecule has 1 aromatic carbocycles. The fraction of sp³-hybridized carbons (Fsp3) is 0.312. The first kappa shape index (κ1) is 18.2. The molecule has 0 bridgehead atoms. The lowest BCUT2D eigenvalue weighted by atomic mass is 10.2. The van der Waals surface area contributed by atoms with Crippen LogP contribution in [0.3, 0.4) is 0 Å². The largest absolute Gasteiger partial charge is 0.480 e. The minimum absolute atomic E-state index is 0.318. The van der Waals surface area contributed by atoms with Gasteiger partial charge in [0.2, 0.25) is 5.82 Å². The fourth-order valence-corrected chi connectivity index (χ4v) is 3.81. The Morgan fingerprint density at radius 3 is 2.46 bits per heavy atom. The van der Waals surface area contributed by atoms with Crippen molar-refractivity contribution in [3.8, 4) is 10.7 Å². The number of hydrogen-bond acceptors (Lipinski definition) is 8. The second-order valence-corrected chi connectivity index (χ2v) is 7.16. The van der Waals surface area contributed by atoms with Gasteiger partial charge >= 0.3 is 5.97 Å². The molecule has 1 saturated heterocycles. The molecule has 0 unspecified atom stereocenters. The third-order valence-electron chi connectivity index (χ3n) is 4.21. The SMILES string of the molecule is O=C(O)Cn1nnc(-c2cnc(N3CCN(c4cc(F)cc(F)c4)CC3)s2)n1. The maximum absolute atomic E-state index is 13.4. The standard InChI is InChI=1S/C16H15F2N7O2S/c17-10-5-11(18)7-12(6-10)23-1-3-24(4-2-23)16-19-8-13(28-16)15-20-22-25(21-15)9-14(26)27/h5-8H,1-4,9H2,(H,26,27). The smallest absolute Gasteiger partial charge is 0.327 e. The van der Waals surface area contributed by atoms with E-state index in [1.54, 1.807) is 6.20 Å². The second kappa shape index (κ2) is 7.46. The van der Waals surface area contributed by atoms with Gasteiger partial charge in [-0.15, -0.1) is 10.2 Å². The van der Waals surface area contributed by atoms with Crippen LogP contribution in [-0.2, 0) is 11.3 Å². The van der Waals surface area contributed by atoms with Crippen LogP contribution in [0.1, 0.15) is 0 Å². The maximum Gasteiger partial charge on any atom is 0.327 e. The zero-order chi connectivity index (χ0) is 19.7. The highest BCUT2D eigenvalue weighted by molar-refractivity contribution is 7.18. The number of rotatable bonds is 5. The van der Waals surface area contributed by atoms with Crippen LogP contribution in [0, 0.1) is 11.6 Å². The fourth-order valence-electron chi connectivity index (χ4n) is 2.92. The van der Waals surface area contributed by atoms with E-state index >= 15 is 0 Å². The number of nitrogens with zero attached hydrogens (tertiary/aromatic N) is 7. The topological polar surface area (TPSA) is 100 Å². The van der Waals surface area contributed by atoms with E-state index in [0.29, 0.717) is 42.6 Å². The summed E-state index contributed by atoms with van der Waals surface area (Å²) in [6.45, 7) is 2.13. The number of carboxylic acids is 1. The van der Waals surface area contributed by atoms with Gasteiger partial charge in [-0.3, -0.25) is 4.79 Å². The van der Waals surface area contributed by atoms with Gasteiger partial charge in [-0.25, -0.2) is 13.8 Å². The van der Waals surface area contributed by atoms with Crippen molar-refractivity contribution in [3.05, 3.63) is 36.0 Å². The molecule has 9 nitrogen and oxygen atoms in total. The number of piperazine rings is 1. The van der Waals surface area contributed by atoms with Crippen molar-refractivity contribution >= 4 is 28.1 Å². The van der Waals surface area contributed by atoms with Gasteiger partial charge < -0.3 is 14.9 Å².